The molecule has 0 radical (unpaired) electrons. The number of hydrogen-bond acceptors (Lipinski definition) is 7. The highest BCUT2D eigenvalue weighted by Crippen LogP contribution is 2.33. The van der Waals surface area contributed by atoms with Crippen LogP contribution in [0.15, 0.2) is 41.5 Å². The molecule has 1 unspecified atom stereocenters. The van der Waals surface area contributed by atoms with E-state index in [2.05, 4.69) is 10.00 Å². The summed E-state index contributed by atoms with van der Waals surface area (Å²) in [6.45, 7) is 3.88. The summed E-state index contributed by atoms with van der Waals surface area (Å²) in [7, 11) is 0. The molecule has 2 fully saturated rings. The molecule has 0 bridgehead atoms. The minimum Gasteiger partial charge on any atom is -0.378 e. The number of aryl methyl sites for hydroxylation is 2. The van der Waals surface area contributed by atoms with Crippen LogP contribution >= 0.6 is 11.6 Å². The number of anilines is 1. The van der Waals surface area contributed by atoms with Gasteiger partial charge in [0.1, 0.15) is 34.8 Å². The fraction of sp³-hybridized carbons (Fsp3) is 0.448. The monoisotopic (exact) mass is 564 g/mol. The molecule has 7 rings (SSSR count). The first-order valence-electron chi connectivity index (χ1n) is 13.9. The second-order valence-corrected chi connectivity index (χ2v) is 11.1. The van der Waals surface area contributed by atoms with Crippen molar-refractivity contribution in [3.8, 4) is 11.3 Å². The number of ether oxygens (including phenoxy) is 2. The lowest BCUT2D eigenvalue weighted by molar-refractivity contribution is 0.0394. The SMILES string of the molecule is O=c1c2cc(N3CCO[C@@H](c4cnn(CCC5CCCO5)c4)C3)nc(-c3ccc(Cl)cc3F)c2nc2n1CCC2. The van der Waals surface area contributed by atoms with Crippen LogP contribution in [0.5, 0.6) is 0 Å². The minimum atomic E-state index is -0.504. The van der Waals surface area contributed by atoms with Gasteiger partial charge in [0.05, 0.1) is 24.3 Å². The Morgan fingerprint density at radius 3 is 2.88 bits per heavy atom. The number of halogens is 2. The zero-order valence-corrected chi connectivity index (χ0v) is 22.8. The lowest BCUT2D eigenvalue weighted by Gasteiger charge is -2.33. The summed E-state index contributed by atoms with van der Waals surface area (Å²) in [6, 6.07) is 6.28. The standard InChI is InChI=1S/C29H30ClFN6O3/c30-19-5-6-21(23(31)13-19)27-28-22(29(38)37-8-1-4-25(37)33-28)14-26(34-27)35-10-12-40-24(17-35)18-15-32-36(16-18)9-7-20-3-2-11-39-20/h5-6,13-16,20,24H,1-4,7-12,17H2/t20?,24-/m1/s1. The van der Waals surface area contributed by atoms with Crippen LogP contribution in [0, 0.1) is 5.82 Å². The van der Waals surface area contributed by atoms with E-state index in [1.54, 1.807) is 22.8 Å². The number of aromatic nitrogens is 5. The van der Waals surface area contributed by atoms with Gasteiger partial charge in [0.15, 0.2) is 0 Å². The number of hydrogen-bond donors (Lipinski definition) is 0. The van der Waals surface area contributed by atoms with Crippen LogP contribution in [0.25, 0.3) is 22.2 Å². The fourth-order valence-corrected chi connectivity index (χ4v) is 6.14. The van der Waals surface area contributed by atoms with Crippen LogP contribution in [-0.2, 0) is 29.0 Å². The molecule has 0 aliphatic carbocycles. The molecule has 6 heterocycles. The van der Waals surface area contributed by atoms with Gasteiger partial charge in [-0.3, -0.25) is 14.0 Å². The molecular formula is C29H30ClFN6O3. The third kappa shape index (κ3) is 4.78. The third-order valence-electron chi connectivity index (χ3n) is 8.10. The zero-order chi connectivity index (χ0) is 27.2. The van der Waals surface area contributed by atoms with Crippen molar-refractivity contribution in [1.82, 2.24) is 24.3 Å². The molecule has 0 saturated carbocycles. The molecule has 9 nitrogen and oxygen atoms in total. The maximum absolute atomic E-state index is 15.2. The normalized spacial score (nSPS) is 20.9. The molecule has 2 saturated heterocycles. The minimum absolute atomic E-state index is 0.117. The molecule has 3 aliphatic heterocycles. The van der Waals surface area contributed by atoms with Crippen molar-refractivity contribution in [3.63, 3.8) is 0 Å². The van der Waals surface area contributed by atoms with Gasteiger partial charge >= 0.3 is 0 Å². The number of pyridine rings is 1. The first-order valence-corrected chi connectivity index (χ1v) is 14.3. The Hall–Kier alpha value is -3.34. The Kier molecular flexibility index (Phi) is 6.77. The van der Waals surface area contributed by atoms with Crippen molar-refractivity contribution >= 4 is 28.3 Å². The Morgan fingerprint density at radius 1 is 1.10 bits per heavy atom. The van der Waals surface area contributed by atoms with E-state index in [0.717, 1.165) is 44.4 Å². The van der Waals surface area contributed by atoms with Crippen LogP contribution in [0.1, 0.15) is 43.2 Å². The molecule has 2 atom stereocenters. The number of nitrogens with zero attached hydrogens (tertiary/aromatic N) is 6. The van der Waals surface area contributed by atoms with Gasteiger partial charge in [0.2, 0.25) is 0 Å². The highest BCUT2D eigenvalue weighted by atomic mass is 35.5. The summed E-state index contributed by atoms with van der Waals surface area (Å²) in [5, 5.41) is 5.28. The maximum Gasteiger partial charge on any atom is 0.261 e. The smallest absolute Gasteiger partial charge is 0.261 e. The van der Waals surface area contributed by atoms with Crippen molar-refractivity contribution in [1.29, 1.82) is 0 Å². The molecule has 40 heavy (non-hydrogen) atoms. The van der Waals surface area contributed by atoms with Crippen LogP contribution in [0.3, 0.4) is 0 Å². The van der Waals surface area contributed by atoms with Gasteiger partial charge in [0, 0.05) is 61.6 Å². The lowest BCUT2D eigenvalue weighted by Crippen LogP contribution is -2.39. The second-order valence-electron chi connectivity index (χ2n) is 10.7. The Morgan fingerprint density at radius 2 is 2.02 bits per heavy atom. The van der Waals surface area contributed by atoms with E-state index in [9.17, 15) is 4.79 Å². The predicted molar refractivity (Wildman–Crippen MR) is 149 cm³/mol. The Bertz CT molecular complexity index is 1630. The fourth-order valence-electron chi connectivity index (χ4n) is 5.98. The maximum atomic E-state index is 15.2. The topological polar surface area (TPSA) is 87.3 Å². The molecule has 208 valence electrons. The molecular weight excluding hydrogens is 535 g/mol. The van der Waals surface area contributed by atoms with Gasteiger partial charge in [0.25, 0.3) is 5.56 Å². The third-order valence-corrected chi connectivity index (χ3v) is 8.33. The van der Waals surface area contributed by atoms with E-state index in [1.165, 1.54) is 6.07 Å². The number of rotatable bonds is 6. The molecule has 3 aliphatic rings. The highest BCUT2D eigenvalue weighted by molar-refractivity contribution is 6.30. The Labute approximate surface area is 235 Å². The average molecular weight is 565 g/mol. The molecule has 11 heteroatoms. The first kappa shape index (κ1) is 25.6. The van der Waals surface area contributed by atoms with Crippen molar-refractivity contribution in [2.24, 2.45) is 0 Å². The largest absolute Gasteiger partial charge is 0.378 e. The van der Waals surface area contributed by atoms with Crippen LogP contribution in [-0.4, -0.2) is 56.7 Å². The van der Waals surface area contributed by atoms with Gasteiger partial charge in [-0.25, -0.2) is 14.4 Å². The Balaban J connectivity index is 1.22. The van der Waals surface area contributed by atoms with Gasteiger partial charge in [-0.15, -0.1) is 0 Å². The summed E-state index contributed by atoms with van der Waals surface area (Å²) in [4.78, 5) is 25.3. The zero-order valence-electron chi connectivity index (χ0n) is 22.1. The lowest BCUT2D eigenvalue weighted by atomic mass is 10.1. The highest BCUT2D eigenvalue weighted by Gasteiger charge is 2.27. The molecule has 0 N–H and O–H groups in total. The number of fused-ring (bicyclic) bond motifs is 2. The van der Waals surface area contributed by atoms with E-state index in [4.69, 9.17) is 31.0 Å². The molecule has 1 aromatic carbocycles. The molecule has 0 amide bonds. The van der Waals surface area contributed by atoms with Gasteiger partial charge < -0.3 is 14.4 Å². The van der Waals surface area contributed by atoms with Gasteiger partial charge in [-0.1, -0.05) is 11.6 Å². The van der Waals surface area contributed by atoms with Crippen LogP contribution < -0.4 is 10.5 Å². The van der Waals surface area contributed by atoms with Crippen molar-refractivity contribution in [3.05, 3.63) is 69.2 Å². The van der Waals surface area contributed by atoms with Crippen LogP contribution in [0.4, 0.5) is 10.2 Å². The summed E-state index contributed by atoms with van der Waals surface area (Å²) >= 11 is 6.04. The predicted octanol–water partition coefficient (Wildman–Crippen LogP) is 4.54. The van der Waals surface area contributed by atoms with Crippen molar-refractivity contribution in [2.75, 3.05) is 31.2 Å². The van der Waals surface area contributed by atoms with E-state index in [0.29, 0.717) is 72.0 Å². The molecule has 0 spiro atoms. The van der Waals surface area contributed by atoms with E-state index < -0.39 is 5.82 Å². The van der Waals surface area contributed by atoms with Crippen molar-refractivity contribution in [2.45, 2.75) is 57.4 Å². The summed E-state index contributed by atoms with van der Waals surface area (Å²) in [6.07, 6.45) is 8.73. The second kappa shape index (κ2) is 10.6. The van der Waals surface area contributed by atoms with Gasteiger partial charge in [-0.05, 0) is 49.9 Å². The van der Waals surface area contributed by atoms with E-state index in [-0.39, 0.29) is 17.2 Å². The van der Waals surface area contributed by atoms with Crippen molar-refractivity contribution < 1.29 is 13.9 Å². The first-order chi connectivity index (χ1) is 19.5. The van der Waals surface area contributed by atoms with E-state index >= 15 is 4.39 Å². The van der Waals surface area contributed by atoms with E-state index in [1.807, 2.05) is 17.1 Å². The quantitative estimate of drug-likeness (QED) is 0.340. The average Bonchev–Trinajstić information content (AvgIpc) is 3.74. The molecule has 3 aromatic heterocycles. The number of morpholine rings is 1. The van der Waals surface area contributed by atoms with Crippen LogP contribution in [0.2, 0.25) is 5.02 Å². The number of benzene rings is 1. The molecule has 4 aromatic rings. The van der Waals surface area contributed by atoms with Gasteiger partial charge in [-0.2, -0.15) is 5.10 Å². The summed E-state index contributed by atoms with van der Waals surface area (Å²) < 4.78 is 30.7. The summed E-state index contributed by atoms with van der Waals surface area (Å²) in [5.74, 6) is 0.801. The summed E-state index contributed by atoms with van der Waals surface area (Å²) in [5.41, 5.74) is 1.90.